The van der Waals surface area contributed by atoms with E-state index in [2.05, 4.69) is 24.3 Å². The van der Waals surface area contributed by atoms with Gasteiger partial charge in [0.25, 0.3) is 0 Å². The molecule has 2 saturated carbocycles. The molecule has 3 aliphatic carbocycles. The van der Waals surface area contributed by atoms with Gasteiger partial charge < -0.3 is 0 Å². The molecule has 0 heterocycles. The first kappa shape index (κ1) is 10.8. The molecule has 3 aliphatic rings. The second-order valence-corrected chi connectivity index (χ2v) is 9.82. The molecular weight excluding hydrogens is 208 g/mol. The molecule has 0 N–H and O–H groups in total. The summed E-state index contributed by atoms with van der Waals surface area (Å²) >= 11 is 0. The molecule has 0 atom stereocenters. The maximum atomic E-state index is 2.52. The van der Waals surface area contributed by atoms with E-state index in [-0.39, 0.29) is 0 Å². The number of allylic oxidation sites excluding steroid dienone is 4. The van der Waals surface area contributed by atoms with E-state index in [9.17, 15) is 0 Å². The average molecular weight is 232 g/mol. The van der Waals surface area contributed by atoms with E-state index < -0.39 is 8.80 Å². The zero-order valence-electron chi connectivity index (χ0n) is 10.3. The smallest absolute Gasteiger partial charge is 0.0550 e. The van der Waals surface area contributed by atoms with Crippen LogP contribution in [-0.2, 0) is 0 Å². The van der Waals surface area contributed by atoms with E-state index in [0.29, 0.717) is 0 Å². The number of hydrogen-bond acceptors (Lipinski definition) is 0. The van der Waals surface area contributed by atoms with Crippen molar-refractivity contribution < 1.29 is 0 Å². The Bertz CT molecular complexity index is 252. The highest BCUT2D eigenvalue weighted by Gasteiger charge is 2.37. The van der Waals surface area contributed by atoms with Crippen LogP contribution < -0.4 is 0 Å². The van der Waals surface area contributed by atoms with Gasteiger partial charge in [0.1, 0.15) is 0 Å². The van der Waals surface area contributed by atoms with Crippen LogP contribution in [0.1, 0.15) is 51.4 Å². The summed E-state index contributed by atoms with van der Waals surface area (Å²) in [5.41, 5.74) is 3.28. The zero-order valence-corrected chi connectivity index (χ0v) is 11.4. The highest BCUT2D eigenvalue weighted by Crippen LogP contribution is 2.48. The molecule has 88 valence electrons. The molecule has 0 saturated heterocycles. The van der Waals surface area contributed by atoms with Crippen molar-refractivity contribution in [2.45, 2.75) is 68.0 Å². The first-order valence-corrected chi connectivity index (χ1v) is 9.30. The molecule has 0 aromatic rings. The molecule has 0 aliphatic heterocycles. The molecule has 0 spiro atoms. The van der Waals surface area contributed by atoms with E-state index in [0.717, 1.165) is 5.54 Å². The van der Waals surface area contributed by atoms with Crippen LogP contribution in [0.2, 0.25) is 16.6 Å². The van der Waals surface area contributed by atoms with Crippen LogP contribution >= 0.6 is 0 Å². The molecule has 3 rings (SSSR count). The summed E-state index contributed by atoms with van der Waals surface area (Å²) < 4.78 is 0. The average Bonchev–Trinajstić information content (AvgIpc) is 3.02. The highest BCUT2D eigenvalue weighted by atomic mass is 28.3. The van der Waals surface area contributed by atoms with Gasteiger partial charge in [-0.15, -0.1) is 0 Å². The summed E-state index contributed by atoms with van der Waals surface area (Å²) in [5.74, 6) is 0. The van der Waals surface area contributed by atoms with Gasteiger partial charge in [0.15, 0.2) is 0 Å². The van der Waals surface area contributed by atoms with E-state index in [1.54, 1.807) is 25.7 Å². The molecule has 0 radical (unpaired) electrons. The first-order chi connectivity index (χ1) is 7.95. The third-order valence-corrected chi connectivity index (χ3v) is 9.95. The lowest BCUT2D eigenvalue weighted by Crippen LogP contribution is -2.28. The van der Waals surface area contributed by atoms with Crippen LogP contribution in [0.15, 0.2) is 24.3 Å². The third kappa shape index (κ3) is 2.07. The molecule has 0 amide bonds. The summed E-state index contributed by atoms with van der Waals surface area (Å²) in [4.78, 5) is 0. The standard InChI is InChI=1S/C15H24Si/c1-2-8-13(7-1)16(14-9-3-4-10-14)15-11-5-6-12-15/h1-2,7-8,13-16H,3-6,9-12H2. The lowest BCUT2D eigenvalue weighted by Gasteiger charge is -2.31. The molecule has 2 fully saturated rings. The van der Waals surface area contributed by atoms with Crippen LogP contribution in [-0.4, -0.2) is 8.80 Å². The summed E-state index contributed by atoms with van der Waals surface area (Å²) in [6, 6.07) is 0. The largest absolute Gasteiger partial charge is 0.0807 e. The molecule has 0 aromatic heterocycles. The van der Waals surface area contributed by atoms with Crippen molar-refractivity contribution in [1.29, 1.82) is 0 Å². The molecule has 0 bridgehead atoms. The minimum Gasteiger partial charge on any atom is -0.0807 e. The number of hydrogen-bond donors (Lipinski definition) is 0. The topological polar surface area (TPSA) is 0 Å². The Balaban J connectivity index is 1.75. The van der Waals surface area contributed by atoms with Crippen LogP contribution in [0, 0.1) is 0 Å². The van der Waals surface area contributed by atoms with Gasteiger partial charge in [-0.2, -0.15) is 0 Å². The van der Waals surface area contributed by atoms with Crippen molar-refractivity contribution in [2.75, 3.05) is 0 Å². The van der Waals surface area contributed by atoms with Gasteiger partial charge in [0.2, 0.25) is 0 Å². The van der Waals surface area contributed by atoms with Crippen LogP contribution in [0.3, 0.4) is 0 Å². The van der Waals surface area contributed by atoms with Crippen LogP contribution in [0.5, 0.6) is 0 Å². The highest BCUT2D eigenvalue weighted by molar-refractivity contribution is 6.65. The Kier molecular flexibility index (Phi) is 3.32. The van der Waals surface area contributed by atoms with Crippen molar-refractivity contribution in [3.63, 3.8) is 0 Å². The summed E-state index contributed by atoms with van der Waals surface area (Å²) in [5, 5.41) is 0. The fourth-order valence-electron chi connectivity index (χ4n) is 4.40. The van der Waals surface area contributed by atoms with Crippen molar-refractivity contribution in [3.8, 4) is 0 Å². The first-order valence-electron chi connectivity index (χ1n) is 7.30. The quantitative estimate of drug-likeness (QED) is 0.624. The monoisotopic (exact) mass is 232 g/mol. The molecule has 0 aromatic carbocycles. The maximum Gasteiger partial charge on any atom is 0.0550 e. The minimum atomic E-state index is -0.565. The van der Waals surface area contributed by atoms with E-state index >= 15 is 0 Å². The van der Waals surface area contributed by atoms with Crippen LogP contribution in [0.25, 0.3) is 0 Å². The second-order valence-electron chi connectivity index (χ2n) is 6.01. The Labute approximate surface area is 101 Å². The molecule has 0 unspecified atom stereocenters. The van der Waals surface area contributed by atoms with Crippen molar-refractivity contribution in [3.05, 3.63) is 24.3 Å². The molecule has 16 heavy (non-hydrogen) atoms. The lowest BCUT2D eigenvalue weighted by molar-refractivity contribution is 0.761. The SMILES string of the molecule is C1=CC([SiH](C2CCCC2)C2CCCC2)C=C1. The third-order valence-electron chi connectivity index (χ3n) is 5.11. The number of rotatable bonds is 3. The maximum absolute atomic E-state index is 2.52. The van der Waals surface area contributed by atoms with Crippen molar-refractivity contribution in [1.82, 2.24) is 0 Å². The summed E-state index contributed by atoms with van der Waals surface area (Å²) in [6.45, 7) is 0. The Morgan fingerprint density at radius 3 is 1.56 bits per heavy atom. The molecular formula is C15H24Si. The van der Waals surface area contributed by atoms with Gasteiger partial charge >= 0.3 is 0 Å². The van der Waals surface area contributed by atoms with E-state index in [4.69, 9.17) is 0 Å². The Morgan fingerprint density at radius 1 is 0.688 bits per heavy atom. The minimum absolute atomic E-state index is 0.565. The van der Waals surface area contributed by atoms with Gasteiger partial charge in [-0.3, -0.25) is 0 Å². The van der Waals surface area contributed by atoms with Gasteiger partial charge in [-0.25, -0.2) is 0 Å². The zero-order chi connectivity index (χ0) is 10.8. The second kappa shape index (κ2) is 4.91. The summed E-state index contributed by atoms with van der Waals surface area (Å²) in [7, 11) is -0.565. The lowest BCUT2D eigenvalue weighted by atomic mass is 10.3. The van der Waals surface area contributed by atoms with Gasteiger partial charge in [-0.1, -0.05) is 75.7 Å². The van der Waals surface area contributed by atoms with Crippen molar-refractivity contribution >= 4 is 8.80 Å². The fourth-order valence-corrected chi connectivity index (χ4v) is 9.68. The Hall–Kier alpha value is -0.303. The predicted octanol–water partition coefficient (Wildman–Crippen LogP) is 4.60. The van der Waals surface area contributed by atoms with E-state index in [1.165, 1.54) is 36.8 Å². The van der Waals surface area contributed by atoms with Crippen molar-refractivity contribution in [2.24, 2.45) is 0 Å². The van der Waals surface area contributed by atoms with Gasteiger partial charge in [0, 0.05) is 0 Å². The van der Waals surface area contributed by atoms with Gasteiger partial charge in [0.05, 0.1) is 8.80 Å². The van der Waals surface area contributed by atoms with Crippen LogP contribution in [0.4, 0.5) is 0 Å². The van der Waals surface area contributed by atoms with E-state index in [1.807, 2.05) is 0 Å². The molecule has 0 nitrogen and oxygen atoms in total. The predicted molar refractivity (Wildman–Crippen MR) is 73.6 cm³/mol. The fraction of sp³-hybridized carbons (Fsp3) is 0.733. The molecule has 1 heteroatoms. The van der Waals surface area contributed by atoms with Gasteiger partial charge in [-0.05, 0) is 16.6 Å². The summed E-state index contributed by atoms with van der Waals surface area (Å²) in [6.07, 6.45) is 22.1. The Morgan fingerprint density at radius 2 is 1.12 bits per heavy atom. The normalized spacial score (nSPS) is 27.8.